The molecule has 3 N–H and O–H groups in total. The summed E-state index contributed by atoms with van der Waals surface area (Å²) in [6, 6.07) is -0.635. The van der Waals surface area contributed by atoms with E-state index in [4.69, 9.17) is 4.74 Å². The van der Waals surface area contributed by atoms with Crippen molar-refractivity contribution in [3.63, 3.8) is 0 Å². The zero-order valence-electron chi connectivity index (χ0n) is 45.6. The Hall–Kier alpha value is -1.92. The highest BCUT2D eigenvalue weighted by molar-refractivity contribution is 5.76. The molecular weight excluding hydrogens is 839 g/mol. The van der Waals surface area contributed by atoms with Crippen LogP contribution in [-0.2, 0) is 14.3 Å². The fourth-order valence-electron chi connectivity index (χ4n) is 9.21. The minimum absolute atomic E-state index is 0.00264. The second-order valence-corrected chi connectivity index (χ2v) is 20.7. The molecule has 0 heterocycles. The molecule has 0 aromatic carbocycles. The molecule has 6 nitrogen and oxygen atoms in total. The lowest BCUT2D eigenvalue weighted by Gasteiger charge is -2.20. The number of ether oxygens (including phenoxy) is 1. The van der Waals surface area contributed by atoms with E-state index < -0.39 is 12.1 Å². The molecule has 1 amide bonds. The maximum atomic E-state index is 12.4. The van der Waals surface area contributed by atoms with Gasteiger partial charge in [-0.25, -0.2) is 0 Å². The van der Waals surface area contributed by atoms with E-state index in [2.05, 4.69) is 43.5 Å². The molecule has 0 aliphatic heterocycles. The molecular formula is C62H117NO5. The highest BCUT2D eigenvalue weighted by Gasteiger charge is 2.18. The van der Waals surface area contributed by atoms with Crippen molar-refractivity contribution in [2.45, 2.75) is 334 Å². The van der Waals surface area contributed by atoms with Gasteiger partial charge in [-0.15, -0.1) is 0 Å². The summed E-state index contributed by atoms with van der Waals surface area (Å²) in [7, 11) is 0. The predicted molar refractivity (Wildman–Crippen MR) is 296 cm³/mol. The Balaban J connectivity index is 3.43. The van der Waals surface area contributed by atoms with Crippen LogP contribution in [-0.4, -0.2) is 47.4 Å². The summed E-state index contributed by atoms with van der Waals surface area (Å²) in [5.41, 5.74) is 0. The number of hydrogen-bond donors (Lipinski definition) is 3. The minimum atomic E-state index is -0.850. The van der Waals surface area contributed by atoms with Gasteiger partial charge in [-0.1, -0.05) is 262 Å². The normalized spacial score (nSPS) is 12.8. The van der Waals surface area contributed by atoms with Crippen molar-refractivity contribution in [3.8, 4) is 0 Å². The molecule has 2 unspecified atom stereocenters. The van der Waals surface area contributed by atoms with Crippen LogP contribution in [0, 0.1) is 0 Å². The Morgan fingerprint density at radius 3 is 1.04 bits per heavy atom. The monoisotopic (exact) mass is 956 g/mol. The van der Waals surface area contributed by atoms with E-state index in [-0.39, 0.29) is 18.5 Å². The van der Waals surface area contributed by atoms with Gasteiger partial charge in [0.2, 0.25) is 5.91 Å². The molecule has 0 spiro atoms. The largest absolute Gasteiger partial charge is 0.466 e. The van der Waals surface area contributed by atoms with E-state index >= 15 is 0 Å². The van der Waals surface area contributed by atoms with E-state index in [0.717, 1.165) is 51.4 Å². The molecule has 0 aliphatic carbocycles. The molecule has 2 atom stereocenters. The van der Waals surface area contributed by atoms with Gasteiger partial charge in [0.15, 0.2) is 0 Å². The van der Waals surface area contributed by atoms with Crippen LogP contribution in [0.15, 0.2) is 36.5 Å². The highest BCUT2D eigenvalue weighted by Crippen LogP contribution is 2.16. The van der Waals surface area contributed by atoms with Gasteiger partial charge in [0.05, 0.1) is 25.4 Å². The quantitative estimate of drug-likeness (QED) is 0.0321. The van der Waals surface area contributed by atoms with Crippen LogP contribution in [0.3, 0.4) is 0 Å². The molecule has 0 fully saturated rings. The van der Waals surface area contributed by atoms with Crippen LogP contribution in [0.5, 0.6) is 0 Å². The van der Waals surface area contributed by atoms with Crippen LogP contribution >= 0.6 is 0 Å². The maximum Gasteiger partial charge on any atom is 0.305 e. The molecule has 0 aliphatic rings. The van der Waals surface area contributed by atoms with Crippen molar-refractivity contribution in [1.29, 1.82) is 0 Å². The smallest absolute Gasteiger partial charge is 0.305 e. The second kappa shape index (κ2) is 57.7. The predicted octanol–water partition coefficient (Wildman–Crippen LogP) is 18.8. The first kappa shape index (κ1) is 66.1. The SMILES string of the molecule is CCCCCCCC/C=C\CCCCCCCCCCCC(=O)OCCCCCCCCCC/C=C\CCCCCCCCCC(=O)NC(CO)C(O)/C=C/CCCCCCCCCCCCC. The number of rotatable bonds is 56. The molecule has 0 saturated carbocycles. The summed E-state index contributed by atoms with van der Waals surface area (Å²) in [5.74, 6) is -0.0750. The van der Waals surface area contributed by atoms with Gasteiger partial charge in [0.25, 0.3) is 0 Å². The summed E-state index contributed by atoms with van der Waals surface area (Å²) in [5, 5.41) is 23.1. The number of carbonyl (C=O) groups excluding carboxylic acids is 2. The van der Waals surface area contributed by atoms with E-state index in [0.29, 0.717) is 19.4 Å². The minimum Gasteiger partial charge on any atom is -0.466 e. The third-order valence-electron chi connectivity index (χ3n) is 13.9. The molecule has 0 radical (unpaired) electrons. The van der Waals surface area contributed by atoms with Gasteiger partial charge >= 0.3 is 5.97 Å². The molecule has 400 valence electrons. The Morgan fingerprint density at radius 2 is 0.691 bits per heavy atom. The lowest BCUT2D eigenvalue weighted by Crippen LogP contribution is -2.45. The molecule has 68 heavy (non-hydrogen) atoms. The molecule has 0 aromatic rings. The van der Waals surface area contributed by atoms with Crippen LogP contribution in [0.25, 0.3) is 0 Å². The topological polar surface area (TPSA) is 95.9 Å². The number of hydrogen-bond acceptors (Lipinski definition) is 5. The number of aliphatic hydroxyl groups excluding tert-OH is 2. The van der Waals surface area contributed by atoms with Gasteiger partial charge in [-0.05, 0) is 83.5 Å². The van der Waals surface area contributed by atoms with Gasteiger partial charge in [-0.3, -0.25) is 9.59 Å². The molecule has 6 heteroatoms. The number of nitrogens with one attached hydrogen (secondary N) is 1. The third kappa shape index (κ3) is 53.4. The Labute approximate surface area is 424 Å². The standard InChI is InChI=1S/C62H117NO5/c1-3-5-7-9-11-13-15-17-18-19-21-25-28-32-36-40-44-48-52-56-62(67)68-57-53-49-45-41-37-33-29-26-23-20-22-24-27-31-35-39-43-47-51-55-61(66)63-59(58-64)60(65)54-50-46-42-38-34-30-16-14-12-10-8-6-4-2/h17-18,20,22,50,54,59-60,64-65H,3-16,19,21,23-49,51-53,55-58H2,1-2H3,(H,63,66)/b18-17-,22-20-,54-50+. The summed E-state index contributed by atoms with van der Waals surface area (Å²) >= 11 is 0. The van der Waals surface area contributed by atoms with Crippen molar-refractivity contribution in [2.75, 3.05) is 13.2 Å². The zero-order chi connectivity index (χ0) is 49.3. The maximum absolute atomic E-state index is 12.4. The van der Waals surface area contributed by atoms with Crippen molar-refractivity contribution < 1.29 is 24.5 Å². The van der Waals surface area contributed by atoms with Crippen molar-refractivity contribution in [3.05, 3.63) is 36.5 Å². The number of carbonyl (C=O) groups is 2. The summed E-state index contributed by atoms with van der Waals surface area (Å²) in [4.78, 5) is 24.5. The first-order chi connectivity index (χ1) is 33.5. The van der Waals surface area contributed by atoms with Crippen molar-refractivity contribution >= 4 is 11.9 Å². The van der Waals surface area contributed by atoms with E-state index in [9.17, 15) is 19.8 Å². The van der Waals surface area contributed by atoms with E-state index in [1.807, 2.05) is 6.08 Å². The molecule has 0 rings (SSSR count). The number of unbranched alkanes of at least 4 members (excludes halogenated alkanes) is 41. The Morgan fingerprint density at radius 1 is 0.397 bits per heavy atom. The molecule has 0 bridgehead atoms. The number of allylic oxidation sites excluding steroid dienone is 5. The van der Waals surface area contributed by atoms with Gasteiger partial charge in [0, 0.05) is 12.8 Å². The lowest BCUT2D eigenvalue weighted by atomic mass is 10.0. The summed E-state index contributed by atoms with van der Waals surface area (Å²) < 4.78 is 5.49. The van der Waals surface area contributed by atoms with E-state index in [1.165, 1.54) is 244 Å². The van der Waals surface area contributed by atoms with Crippen molar-refractivity contribution in [2.24, 2.45) is 0 Å². The van der Waals surface area contributed by atoms with E-state index in [1.54, 1.807) is 6.08 Å². The fourth-order valence-corrected chi connectivity index (χ4v) is 9.21. The van der Waals surface area contributed by atoms with Crippen molar-refractivity contribution in [1.82, 2.24) is 5.32 Å². The second-order valence-electron chi connectivity index (χ2n) is 20.7. The zero-order valence-corrected chi connectivity index (χ0v) is 45.6. The first-order valence-corrected chi connectivity index (χ1v) is 30.3. The van der Waals surface area contributed by atoms with Gasteiger partial charge in [0.1, 0.15) is 0 Å². The molecule has 0 saturated heterocycles. The number of aliphatic hydroxyl groups is 2. The summed E-state index contributed by atoms with van der Waals surface area (Å²) in [6.07, 6.45) is 71.7. The van der Waals surface area contributed by atoms with Crippen LogP contribution < -0.4 is 5.32 Å². The Bertz CT molecular complexity index is 1100. The van der Waals surface area contributed by atoms with Crippen LogP contribution in [0.4, 0.5) is 0 Å². The van der Waals surface area contributed by atoms with Gasteiger partial charge < -0.3 is 20.3 Å². The fraction of sp³-hybridized carbons (Fsp3) is 0.871. The Kier molecular flexibility index (Phi) is 56.0. The highest BCUT2D eigenvalue weighted by atomic mass is 16.5. The van der Waals surface area contributed by atoms with Gasteiger partial charge in [-0.2, -0.15) is 0 Å². The average Bonchev–Trinajstić information content (AvgIpc) is 3.34. The third-order valence-corrected chi connectivity index (χ3v) is 13.9. The lowest BCUT2D eigenvalue weighted by molar-refractivity contribution is -0.143. The molecule has 0 aromatic heterocycles. The number of esters is 1. The van der Waals surface area contributed by atoms with Crippen LogP contribution in [0.1, 0.15) is 322 Å². The average molecular weight is 957 g/mol. The summed E-state index contributed by atoms with van der Waals surface area (Å²) in [6.45, 7) is 4.89. The number of amides is 1. The van der Waals surface area contributed by atoms with Crippen LogP contribution in [0.2, 0.25) is 0 Å². The first-order valence-electron chi connectivity index (χ1n) is 30.3.